The number of rotatable bonds is 2. The molecule has 0 atom stereocenters. The van der Waals surface area contributed by atoms with E-state index in [4.69, 9.17) is 4.42 Å². The molecule has 2 aliphatic rings. The minimum absolute atomic E-state index is 0.147. The van der Waals surface area contributed by atoms with Crippen molar-refractivity contribution in [2.75, 3.05) is 9.80 Å². The first-order valence-corrected chi connectivity index (χ1v) is 20.8. The smallest absolute Gasteiger partial charge is 0.137 e. The second-order valence-electron chi connectivity index (χ2n) is 17.9. The highest BCUT2D eigenvalue weighted by molar-refractivity contribution is 6.25. The van der Waals surface area contributed by atoms with Gasteiger partial charge in [-0.15, -0.1) is 0 Å². The average Bonchev–Trinajstić information content (AvgIpc) is 3.61. The number of aryl methyl sites for hydroxylation is 2. The van der Waals surface area contributed by atoms with Gasteiger partial charge < -0.3 is 14.2 Å². The van der Waals surface area contributed by atoms with Gasteiger partial charge in [-0.25, -0.2) is 0 Å². The first kappa shape index (κ1) is 34.2. The second-order valence-corrected chi connectivity index (χ2v) is 17.9. The fraction of sp³-hybridized carbons (Fsp3) is 0.143. The van der Waals surface area contributed by atoms with E-state index in [1.54, 1.807) is 0 Å². The highest BCUT2D eigenvalue weighted by Gasteiger charge is 2.40. The second kappa shape index (κ2) is 11.9. The monoisotopic (exact) mass is 760 g/mol. The third-order valence-electron chi connectivity index (χ3n) is 13.7. The van der Waals surface area contributed by atoms with Gasteiger partial charge in [0.25, 0.3) is 0 Å². The van der Waals surface area contributed by atoms with Gasteiger partial charge in [0.2, 0.25) is 0 Å². The maximum Gasteiger partial charge on any atom is 0.137 e. The summed E-state index contributed by atoms with van der Waals surface area (Å²) in [5, 5.41) is 9.68. The number of furan rings is 1. The molecule has 10 aromatic rings. The normalized spacial score (nSPS) is 15.2. The molecule has 0 aliphatic carbocycles. The SMILES string of the molecule is Cc1ccc2c(c1)N(c1cc3c4ccccc4c(N4c5cc(C)ccc5C(C)(C)c5cc6c(cc54)oc4ccccc46)cc3c3ccccc13)c1ccccc1C2(C)C. The molecule has 0 spiro atoms. The fourth-order valence-corrected chi connectivity index (χ4v) is 10.7. The van der Waals surface area contributed by atoms with Crippen molar-refractivity contribution in [3.05, 3.63) is 191 Å². The molecule has 0 fully saturated rings. The molecule has 3 heterocycles. The molecule has 1 aromatic heterocycles. The Labute approximate surface area is 344 Å². The van der Waals surface area contributed by atoms with Crippen LogP contribution in [0.5, 0.6) is 0 Å². The van der Waals surface area contributed by atoms with Gasteiger partial charge in [0, 0.05) is 38.4 Å². The summed E-state index contributed by atoms with van der Waals surface area (Å²) in [6.45, 7) is 13.9. The van der Waals surface area contributed by atoms with Crippen LogP contribution in [0.2, 0.25) is 0 Å². The van der Waals surface area contributed by atoms with Crippen LogP contribution in [0.1, 0.15) is 61.1 Å². The Kier molecular flexibility index (Phi) is 6.88. The minimum atomic E-state index is -0.246. The number of anilines is 6. The van der Waals surface area contributed by atoms with Crippen LogP contribution in [0.25, 0.3) is 54.3 Å². The standard InChI is InChI=1S/C56H44N2O/c1-33-23-25-44-50(27-33)57(47-21-13-12-20-43(47)55(44,3)4)48-30-40-36-16-8-10-18-38(36)49(31-41(40)35-15-7-9-17-37(35)48)58-51-28-34(2)24-26-45(51)56(5,6)46-29-42-39-19-11-14-22-53(39)59-54(42)32-52(46)58/h7-32H,1-6H3. The van der Waals surface area contributed by atoms with E-state index in [0.29, 0.717) is 0 Å². The zero-order chi connectivity index (χ0) is 39.9. The van der Waals surface area contributed by atoms with E-state index < -0.39 is 0 Å². The molecule has 0 saturated carbocycles. The Hall–Kier alpha value is -6.84. The fourth-order valence-electron chi connectivity index (χ4n) is 10.7. The molecule has 3 nitrogen and oxygen atoms in total. The lowest BCUT2D eigenvalue weighted by atomic mass is 9.72. The Morgan fingerprint density at radius 1 is 0.322 bits per heavy atom. The molecular weight excluding hydrogens is 717 g/mol. The van der Waals surface area contributed by atoms with Gasteiger partial charge in [0.1, 0.15) is 11.2 Å². The lowest BCUT2D eigenvalue weighted by Gasteiger charge is -2.43. The molecule has 2 aliphatic heterocycles. The Morgan fingerprint density at radius 2 is 0.780 bits per heavy atom. The van der Waals surface area contributed by atoms with Gasteiger partial charge in [0.05, 0.1) is 34.1 Å². The highest BCUT2D eigenvalue weighted by Crippen LogP contribution is 2.57. The number of hydrogen-bond donors (Lipinski definition) is 0. The zero-order valence-corrected chi connectivity index (χ0v) is 34.3. The molecule has 12 rings (SSSR count). The van der Waals surface area contributed by atoms with E-state index in [-0.39, 0.29) is 10.8 Å². The molecule has 0 saturated heterocycles. The summed E-state index contributed by atoms with van der Waals surface area (Å²) in [5.74, 6) is 0. The van der Waals surface area contributed by atoms with Crippen LogP contribution >= 0.6 is 0 Å². The summed E-state index contributed by atoms with van der Waals surface area (Å²) in [6.07, 6.45) is 0. The van der Waals surface area contributed by atoms with Gasteiger partial charge >= 0.3 is 0 Å². The Morgan fingerprint density at radius 3 is 1.39 bits per heavy atom. The van der Waals surface area contributed by atoms with Crippen LogP contribution in [0, 0.1) is 13.8 Å². The van der Waals surface area contributed by atoms with Crippen LogP contribution in [0.3, 0.4) is 0 Å². The summed E-state index contributed by atoms with van der Waals surface area (Å²) >= 11 is 0. The van der Waals surface area contributed by atoms with E-state index >= 15 is 0 Å². The summed E-state index contributed by atoms with van der Waals surface area (Å²) in [6, 6.07) is 59.0. The van der Waals surface area contributed by atoms with Crippen molar-refractivity contribution in [1.82, 2.24) is 0 Å². The molecule has 0 bridgehead atoms. The summed E-state index contributed by atoms with van der Waals surface area (Å²) in [5.41, 5.74) is 16.4. The van der Waals surface area contributed by atoms with Crippen LogP contribution < -0.4 is 9.80 Å². The zero-order valence-electron chi connectivity index (χ0n) is 34.3. The van der Waals surface area contributed by atoms with Crippen LogP contribution in [-0.2, 0) is 10.8 Å². The van der Waals surface area contributed by atoms with Gasteiger partial charge in [-0.3, -0.25) is 0 Å². The summed E-state index contributed by atoms with van der Waals surface area (Å²) in [4.78, 5) is 5.07. The van der Waals surface area contributed by atoms with Gasteiger partial charge in [-0.05, 0) is 111 Å². The van der Waals surface area contributed by atoms with Crippen molar-refractivity contribution < 1.29 is 4.42 Å². The van der Waals surface area contributed by atoms with E-state index in [0.717, 1.165) is 33.3 Å². The van der Waals surface area contributed by atoms with Crippen molar-refractivity contribution in [2.45, 2.75) is 52.4 Å². The largest absolute Gasteiger partial charge is 0.456 e. The number of hydrogen-bond acceptors (Lipinski definition) is 3. The Balaban J connectivity index is 1.18. The predicted octanol–water partition coefficient (Wildman–Crippen LogP) is 15.9. The molecule has 0 amide bonds. The van der Waals surface area contributed by atoms with E-state index in [9.17, 15) is 0 Å². The average molecular weight is 761 g/mol. The molecule has 0 radical (unpaired) electrons. The Bertz CT molecular complexity index is 3440. The topological polar surface area (TPSA) is 19.6 Å². The maximum absolute atomic E-state index is 6.61. The highest BCUT2D eigenvalue weighted by atomic mass is 16.3. The van der Waals surface area contributed by atoms with E-state index in [2.05, 4.69) is 209 Å². The van der Waals surface area contributed by atoms with Crippen molar-refractivity contribution in [3.8, 4) is 0 Å². The third-order valence-corrected chi connectivity index (χ3v) is 13.7. The predicted molar refractivity (Wildman–Crippen MR) is 249 cm³/mol. The number of para-hydroxylation sites is 2. The van der Waals surface area contributed by atoms with Crippen molar-refractivity contribution in [1.29, 1.82) is 0 Å². The molecular formula is C56H44N2O. The van der Waals surface area contributed by atoms with Crippen molar-refractivity contribution >= 4 is 88.4 Å². The van der Waals surface area contributed by atoms with Crippen LogP contribution in [-0.4, -0.2) is 0 Å². The lowest BCUT2D eigenvalue weighted by molar-refractivity contribution is 0.630. The minimum Gasteiger partial charge on any atom is -0.456 e. The summed E-state index contributed by atoms with van der Waals surface area (Å²) in [7, 11) is 0. The number of benzene rings is 9. The third kappa shape index (κ3) is 4.64. The summed E-state index contributed by atoms with van der Waals surface area (Å²) < 4.78 is 6.61. The molecule has 9 aromatic carbocycles. The number of nitrogens with zero attached hydrogens (tertiary/aromatic N) is 2. The number of fused-ring (bicyclic) bond motifs is 12. The molecule has 0 N–H and O–H groups in total. The van der Waals surface area contributed by atoms with E-state index in [1.807, 2.05) is 0 Å². The van der Waals surface area contributed by atoms with Gasteiger partial charge in [-0.2, -0.15) is 0 Å². The van der Waals surface area contributed by atoms with Crippen molar-refractivity contribution in [3.63, 3.8) is 0 Å². The molecule has 0 unspecified atom stereocenters. The molecule has 3 heteroatoms. The van der Waals surface area contributed by atoms with Crippen molar-refractivity contribution in [2.24, 2.45) is 0 Å². The van der Waals surface area contributed by atoms with Gasteiger partial charge in [0.15, 0.2) is 0 Å². The van der Waals surface area contributed by atoms with Crippen LogP contribution in [0.4, 0.5) is 34.1 Å². The molecule has 59 heavy (non-hydrogen) atoms. The van der Waals surface area contributed by atoms with Crippen LogP contribution in [0.15, 0.2) is 162 Å². The quantitative estimate of drug-likeness (QED) is 0.164. The van der Waals surface area contributed by atoms with E-state index in [1.165, 1.54) is 88.4 Å². The maximum atomic E-state index is 6.61. The molecule has 284 valence electrons. The first-order valence-electron chi connectivity index (χ1n) is 20.8. The lowest BCUT2D eigenvalue weighted by Crippen LogP contribution is -2.31. The first-order chi connectivity index (χ1) is 28.6. The van der Waals surface area contributed by atoms with Gasteiger partial charge in [-0.1, -0.05) is 137 Å².